The van der Waals surface area contributed by atoms with Crippen LogP contribution in [-0.4, -0.2) is 86.8 Å². The van der Waals surface area contributed by atoms with E-state index in [9.17, 15) is 9.59 Å². The lowest BCUT2D eigenvalue weighted by Crippen LogP contribution is -2.50. The Labute approximate surface area is 202 Å². The highest BCUT2D eigenvalue weighted by molar-refractivity contribution is 8.00. The molecular weight excluding hydrogens is 434 g/mol. The van der Waals surface area contributed by atoms with Crippen LogP contribution in [0.1, 0.15) is 41.5 Å². The number of fused-ring (bicyclic) bond motifs is 1. The van der Waals surface area contributed by atoms with Gasteiger partial charge in [0, 0.05) is 51.4 Å². The van der Waals surface area contributed by atoms with Crippen molar-refractivity contribution in [2.45, 2.75) is 70.6 Å². The summed E-state index contributed by atoms with van der Waals surface area (Å²) in [5.74, 6) is 0.121. The van der Waals surface area contributed by atoms with Crippen LogP contribution in [0.3, 0.4) is 0 Å². The Morgan fingerprint density at radius 3 is 2.30 bits per heavy atom. The van der Waals surface area contributed by atoms with Gasteiger partial charge in [-0.15, -0.1) is 0 Å². The van der Waals surface area contributed by atoms with Gasteiger partial charge in [-0.3, -0.25) is 19.1 Å². The van der Waals surface area contributed by atoms with E-state index in [1.54, 1.807) is 4.57 Å². The topological polar surface area (TPSA) is 61.7 Å². The van der Waals surface area contributed by atoms with Gasteiger partial charge in [-0.05, 0) is 53.3 Å². The van der Waals surface area contributed by atoms with Crippen molar-refractivity contribution < 1.29 is 4.79 Å². The minimum Gasteiger partial charge on any atom is -0.339 e. The maximum Gasteiger partial charge on any atom is 0.262 e. The number of amides is 1. The SMILES string of the molecule is CCN1CCN(C(=O)C(C)Sc2nc3ccccc3c(=O)n2CCN(C(C)C)C(C)C)CC1. The maximum atomic E-state index is 13.4. The van der Waals surface area contributed by atoms with Crippen LogP contribution in [-0.2, 0) is 11.3 Å². The molecule has 0 bridgehead atoms. The van der Waals surface area contributed by atoms with E-state index in [1.807, 2.05) is 36.1 Å². The normalized spacial score (nSPS) is 16.3. The molecule has 2 aromatic rings. The highest BCUT2D eigenvalue weighted by Gasteiger charge is 2.27. The fraction of sp³-hybridized carbons (Fsp3) is 0.640. The van der Waals surface area contributed by atoms with Crippen LogP contribution in [0.4, 0.5) is 0 Å². The molecule has 1 amide bonds. The minimum absolute atomic E-state index is 0.0354. The third kappa shape index (κ3) is 6.16. The smallest absolute Gasteiger partial charge is 0.262 e. The largest absolute Gasteiger partial charge is 0.339 e. The Bertz CT molecular complexity index is 990. The van der Waals surface area contributed by atoms with Crippen molar-refractivity contribution in [1.29, 1.82) is 0 Å². The summed E-state index contributed by atoms with van der Waals surface area (Å²) in [5, 5.41) is 0.945. The van der Waals surface area contributed by atoms with Crippen molar-refractivity contribution in [3.05, 3.63) is 34.6 Å². The molecule has 0 spiro atoms. The van der Waals surface area contributed by atoms with Gasteiger partial charge in [0.2, 0.25) is 5.91 Å². The van der Waals surface area contributed by atoms with Gasteiger partial charge >= 0.3 is 0 Å². The molecule has 0 N–H and O–H groups in total. The summed E-state index contributed by atoms with van der Waals surface area (Å²) in [5.41, 5.74) is 0.647. The molecule has 1 unspecified atom stereocenters. The standard InChI is InChI=1S/C25H39N5O2S/c1-7-27-12-14-28(15-13-27)23(31)20(6)33-25-26-22-11-9-8-10-21(22)24(32)30(25)17-16-29(18(2)3)19(4)5/h8-11,18-20H,7,12-17H2,1-6H3. The molecule has 1 aromatic heterocycles. The molecule has 3 rings (SSSR count). The average Bonchev–Trinajstić information content (AvgIpc) is 2.80. The number of rotatable bonds is 9. The fourth-order valence-corrected chi connectivity index (χ4v) is 5.53. The van der Waals surface area contributed by atoms with Crippen LogP contribution in [0.25, 0.3) is 10.9 Å². The van der Waals surface area contributed by atoms with E-state index >= 15 is 0 Å². The molecule has 0 saturated carbocycles. The number of benzene rings is 1. The summed E-state index contributed by atoms with van der Waals surface area (Å²) < 4.78 is 1.77. The summed E-state index contributed by atoms with van der Waals surface area (Å²) in [6, 6.07) is 8.24. The summed E-state index contributed by atoms with van der Waals surface area (Å²) in [6.45, 7) is 18.5. The number of thioether (sulfide) groups is 1. The predicted octanol–water partition coefficient (Wildman–Crippen LogP) is 3.16. The van der Waals surface area contributed by atoms with E-state index < -0.39 is 0 Å². The van der Waals surface area contributed by atoms with Gasteiger partial charge in [0.05, 0.1) is 16.2 Å². The predicted molar refractivity (Wildman–Crippen MR) is 137 cm³/mol. The third-order valence-electron chi connectivity index (χ3n) is 6.50. The number of carbonyl (C=O) groups excluding carboxylic acids is 1. The van der Waals surface area contributed by atoms with Gasteiger partial charge in [0.25, 0.3) is 5.56 Å². The van der Waals surface area contributed by atoms with Crippen LogP contribution < -0.4 is 5.56 Å². The molecule has 2 heterocycles. The number of hydrogen-bond acceptors (Lipinski definition) is 6. The zero-order chi connectivity index (χ0) is 24.1. The fourth-order valence-electron chi connectivity index (χ4n) is 4.51. The van der Waals surface area contributed by atoms with Crippen molar-refractivity contribution in [2.24, 2.45) is 0 Å². The van der Waals surface area contributed by atoms with Gasteiger partial charge in [0.15, 0.2) is 5.16 Å². The molecule has 1 aliphatic rings. The zero-order valence-corrected chi connectivity index (χ0v) is 21.8. The molecule has 1 aliphatic heterocycles. The van der Waals surface area contributed by atoms with Gasteiger partial charge < -0.3 is 9.80 Å². The van der Waals surface area contributed by atoms with Gasteiger partial charge in [-0.1, -0.05) is 30.8 Å². The number of piperazine rings is 1. The van der Waals surface area contributed by atoms with Crippen molar-refractivity contribution in [1.82, 2.24) is 24.3 Å². The minimum atomic E-state index is -0.302. The van der Waals surface area contributed by atoms with E-state index in [-0.39, 0.29) is 16.7 Å². The molecule has 1 fully saturated rings. The maximum absolute atomic E-state index is 13.4. The summed E-state index contributed by atoms with van der Waals surface area (Å²) in [7, 11) is 0. The zero-order valence-electron chi connectivity index (χ0n) is 21.0. The van der Waals surface area contributed by atoms with Crippen LogP contribution in [0.15, 0.2) is 34.2 Å². The second kappa shape index (κ2) is 11.5. The number of para-hydroxylation sites is 1. The quantitative estimate of drug-likeness (QED) is 0.412. The van der Waals surface area contributed by atoms with Crippen LogP contribution in [0.2, 0.25) is 0 Å². The molecule has 33 heavy (non-hydrogen) atoms. The van der Waals surface area contributed by atoms with Crippen molar-refractivity contribution in [3.63, 3.8) is 0 Å². The molecule has 0 aliphatic carbocycles. The molecule has 182 valence electrons. The van der Waals surface area contributed by atoms with Crippen LogP contribution in [0.5, 0.6) is 0 Å². The second-order valence-electron chi connectivity index (χ2n) is 9.31. The number of aromatic nitrogens is 2. The lowest BCUT2D eigenvalue weighted by Gasteiger charge is -2.35. The second-order valence-corrected chi connectivity index (χ2v) is 10.6. The number of likely N-dealkylation sites (N-methyl/N-ethyl adjacent to an activating group) is 1. The van der Waals surface area contributed by atoms with Crippen LogP contribution in [0, 0.1) is 0 Å². The lowest BCUT2D eigenvalue weighted by atomic mass is 10.2. The van der Waals surface area contributed by atoms with Crippen LogP contribution >= 0.6 is 11.8 Å². The van der Waals surface area contributed by atoms with Gasteiger partial charge in [-0.2, -0.15) is 0 Å². The van der Waals surface area contributed by atoms with Crippen molar-refractivity contribution in [2.75, 3.05) is 39.3 Å². The van der Waals surface area contributed by atoms with E-state index in [4.69, 9.17) is 4.98 Å². The summed E-state index contributed by atoms with van der Waals surface area (Å²) in [6.07, 6.45) is 0. The van der Waals surface area contributed by atoms with Crippen molar-refractivity contribution in [3.8, 4) is 0 Å². The first-order valence-electron chi connectivity index (χ1n) is 12.2. The van der Waals surface area contributed by atoms with Gasteiger partial charge in [-0.25, -0.2) is 4.98 Å². The Morgan fingerprint density at radius 1 is 1.06 bits per heavy atom. The Hall–Kier alpha value is -1.90. The third-order valence-corrected chi connectivity index (χ3v) is 7.57. The monoisotopic (exact) mass is 473 g/mol. The first-order chi connectivity index (χ1) is 15.7. The molecule has 0 radical (unpaired) electrons. The van der Waals surface area contributed by atoms with E-state index in [1.165, 1.54) is 11.8 Å². The first-order valence-corrected chi connectivity index (χ1v) is 13.0. The number of carbonyl (C=O) groups is 1. The number of hydrogen-bond donors (Lipinski definition) is 0. The Kier molecular flexibility index (Phi) is 8.95. The summed E-state index contributed by atoms with van der Waals surface area (Å²) >= 11 is 1.40. The number of nitrogens with zero attached hydrogens (tertiary/aromatic N) is 5. The van der Waals surface area contributed by atoms with E-state index in [0.717, 1.165) is 39.3 Å². The Balaban J connectivity index is 1.85. The lowest BCUT2D eigenvalue weighted by molar-refractivity contribution is -0.132. The Morgan fingerprint density at radius 2 is 1.70 bits per heavy atom. The average molecular weight is 474 g/mol. The molecule has 7 nitrogen and oxygen atoms in total. The van der Waals surface area contributed by atoms with Crippen molar-refractivity contribution >= 4 is 28.6 Å². The molecule has 1 saturated heterocycles. The molecule has 8 heteroatoms. The highest BCUT2D eigenvalue weighted by atomic mass is 32.2. The molecular formula is C25H39N5O2S. The molecule has 1 atom stereocenters. The molecule has 1 aromatic carbocycles. The summed E-state index contributed by atoms with van der Waals surface area (Å²) in [4.78, 5) is 38.1. The van der Waals surface area contributed by atoms with Gasteiger partial charge in [0.1, 0.15) is 0 Å². The van der Waals surface area contributed by atoms with E-state index in [0.29, 0.717) is 34.7 Å². The van der Waals surface area contributed by atoms with E-state index in [2.05, 4.69) is 44.4 Å². The first kappa shape index (κ1) is 25.7. The highest BCUT2D eigenvalue weighted by Crippen LogP contribution is 2.24.